The molecule has 84 valence electrons. The fraction of sp³-hybridized carbons (Fsp3) is 0.400. The third kappa shape index (κ3) is 8.08. The molecule has 0 unspecified atom stereocenters. The van der Waals surface area contributed by atoms with Crippen molar-refractivity contribution in [2.75, 3.05) is 25.7 Å². The standard InChI is InChI=1S/C10H13BrO4/c1-14-10(13)3-2-9(4-6-12)8-15-7-5-11/h2-4,6H,5,7-8H2,1H3/b3-2-,9-4+. The molecule has 0 N–H and O–H groups in total. The number of hydrogen-bond acceptors (Lipinski definition) is 4. The van der Waals surface area contributed by atoms with Gasteiger partial charge in [0, 0.05) is 11.4 Å². The molecule has 0 saturated carbocycles. The Kier molecular flexibility index (Phi) is 9.01. The molecule has 0 aromatic rings. The topological polar surface area (TPSA) is 52.6 Å². The molecule has 0 aliphatic heterocycles. The van der Waals surface area contributed by atoms with Gasteiger partial charge >= 0.3 is 5.97 Å². The molecule has 0 spiro atoms. The number of halogens is 1. The Bertz CT molecular complexity index is 258. The van der Waals surface area contributed by atoms with Crippen LogP contribution in [0.2, 0.25) is 0 Å². The Balaban J connectivity index is 4.16. The van der Waals surface area contributed by atoms with Gasteiger partial charge in [-0.05, 0) is 17.7 Å². The molecule has 0 aliphatic carbocycles. The number of alkyl halides is 1. The van der Waals surface area contributed by atoms with Gasteiger partial charge < -0.3 is 9.47 Å². The Labute approximate surface area is 97.1 Å². The third-order valence-corrected chi connectivity index (χ3v) is 1.73. The van der Waals surface area contributed by atoms with Crippen LogP contribution in [0.1, 0.15) is 0 Å². The lowest BCUT2D eigenvalue weighted by Gasteiger charge is -2.01. The summed E-state index contributed by atoms with van der Waals surface area (Å²) >= 11 is 3.21. The molecule has 5 heteroatoms. The summed E-state index contributed by atoms with van der Waals surface area (Å²) in [6.45, 7) is 0.833. The second-order valence-electron chi connectivity index (χ2n) is 2.48. The minimum Gasteiger partial charge on any atom is -0.466 e. The Hall–Kier alpha value is -0.940. The van der Waals surface area contributed by atoms with E-state index in [2.05, 4.69) is 20.7 Å². The number of rotatable bonds is 7. The summed E-state index contributed by atoms with van der Waals surface area (Å²) in [7, 11) is 1.29. The number of carbonyl (C=O) groups excluding carboxylic acids is 2. The van der Waals surface area contributed by atoms with Gasteiger partial charge in [-0.1, -0.05) is 15.9 Å². The minimum atomic E-state index is -0.465. The molecule has 0 radical (unpaired) electrons. The summed E-state index contributed by atoms with van der Waals surface area (Å²) in [5, 5.41) is 0.724. The molecule has 0 aliphatic rings. The van der Waals surface area contributed by atoms with E-state index in [9.17, 15) is 9.59 Å². The van der Waals surface area contributed by atoms with Crippen molar-refractivity contribution in [2.45, 2.75) is 0 Å². The van der Waals surface area contributed by atoms with Gasteiger partial charge in [-0.3, -0.25) is 4.79 Å². The van der Waals surface area contributed by atoms with Crippen LogP contribution in [-0.2, 0) is 19.1 Å². The Morgan fingerprint density at radius 1 is 1.40 bits per heavy atom. The van der Waals surface area contributed by atoms with Gasteiger partial charge in [0.2, 0.25) is 0 Å². The van der Waals surface area contributed by atoms with Crippen molar-refractivity contribution < 1.29 is 19.1 Å². The van der Waals surface area contributed by atoms with Gasteiger partial charge in [0.25, 0.3) is 0 Å². The highest BCUT2D eigenvalue weighted by Gasteiger charge is 1.95. The van der Waals surface area contributed by atoms with Crippen molar-refractivity contribution in [1.82, 2.24) is 0 Å². The van der Waals surface area contributed by atoms with E-state index in [0.29, 0.717) is 18.5 Å². The third-order valence-electron chi connectivity index (χ3n) is 1.41. The molecule has 0 heterocycles. The van der Waals surface area contributed by atoms with Gasteiger partial charge in [0.15, 0.2) is 0 Å². The first-order valence-corrected chi connectivity index (χ1v) is 5.40. The second kappa shape index (κ2) is 9.61. The summed E-state index contributed by atoms with van der Waals surface area (Å²) in [5.74, 6) is -0.465. The number of methoxy groups -OCH3 is 1. The van der Waals surface area contributed by atoms with Gasteiger partial charge in [0.1, 0.15) is 6.29 Å². The lowest BCUT2D eigenvalue weighted by Crippen LogP contribution is -2.01. The van der Waals surface area contributed by atoms with Crippen LogP contribution >= 0.6 is 15.9 Å². The van der Waals surface area contributed by atoms with Crippen molar-refractivity contribution in [3.05, 3.63) is 23.8 Å². The first kappa shape index (κ1) is 14.1. The zero-order chi connectivity index (χ0) is 11.5. The van der Waals surface area contributed by atoms with Crippen LogP contribution in [0, 0.1) is 0 Å². The van der Waals surface area contributed by atoms with E-state index in [1.54, 1.807) is 0 Å². The number of hydrogen-bond donors (Lipinski definition) is 0. The molecule has 0 saturated heterocycles. The van der Waals surface area contributed by atoms with E-state index >= 15 is 0 Å². The maximum absolute atomic E-state index is 10.8. The predicted octanol–water partition coefficient (Wildman–Crippen LogP) is 1.25. The number of carbonyl (C=O) groups is 2. The summed E-state index contributed by atoms with van der Waals surface area (Å²) in [6.07, 6.45) is 4.73. The molecule has 4 nitrogen and oxygen atoms in total. The van der Waals surface area contributed by atoms with Crippen LogP contribution in [0.25, 0.3) is 0 Å². The summed E-state index contributed by atoms with van der Waals surface area (Å²) in [6, 6.07) is 0. The molecule has 0 atom stereocenters. The Morgan fingerprint density at radius 3 is 2.67 bits per heavy atom. The van der Waals surface area contributed by atoms with E-state index in [0.717, 1.165) is 5.33 Å². The predicted molar refractivity (Wildman–Crippen MR) is 59.9 cm³/mol. The molecular formula is C10H13BrO4. The lowest BCUT2D eigenvalue weighted by atomic mass is 10.2. The maximum Gasteiger partial charge on any atom is 0.330 e. The van der Waals surface area contributed by atoms with Crippen LogP contribution < -0.4 is 0 Å². The number of allylic oxidation sites excluding steroid dienone is 1. The van der Waals surface area contributed by atoms with E-state index in [4.69, 9.17) is 4.74 Å². The molecule has 0 aromatic carbocycles. The van der Waals surface area contributed by atoms with Crippen molar-refractivity contribution >= 4 is 28.2 Å². The fourth-order valence-electron chi connectivity index (χ4n) is 0.727. The van der Waals surface area contributed by atoms with Gasteiger partial charge in [-0.25, -0.2) is 4.79 Å². The zero-order valence-corrected chi connectivity index (χ0v) is 10.0. The van der Waals surface area contributed by atoms with Crippen LogP contribution in [0.5, 0.6) is 0 Å². The first-order chi connectivity index (χ1) is 7.24. The van der Waals surface area contributed by atoms with Gasteiger partial charge in [0.05, 0.1) is 20.3 Å². The van der Waals surface area contributed by atoms with E-state index in [1.165, 1.54) is 25.3 Å². The molecule has 0 fully saturated rings. The average molecular weight is 277 g/mol. The highest BCUT2D eigenvalue weighted by atomic mass is 79.9. The van der Waals surface area contributed by atoms with E-state index in [1.807, 2.05) is 0 Å². The summed E-state index contributed by atoms with van der Waals surface area (Å²) in [5.41, 5.74) is 0.622. The average Bonchev–Trinajstić information content (AvgIpc) is 2.25. The fourth-order valence-corrected chi connectivity index (χ4v) is 0.956. The monoisotopic (exact) mass is 276 g/mol. The highest BCUT2D eigenvalue weighted by Crippen LogP contribution is 1.98. The van der Waals surface area contributed by atoms with Crippen LogP contribution in [0.3, 0.4) is 0 Å². The summed E-state index contributed by atoms with van der Waals surface area (Å²) in [4.78, 5) is 21.0. The quantitative estimate of drug-likeness (QED) is 0.175. The van der Waals surface area contributed by atoms with Crippen molar-refractivity contribution in [1.29, 1.82) is 0 Å². The maximum atomic E-state index is 10.8. The SMILES string of the molecule is COC(=O)/C=C\C(=C/C=O)COCCBr. The molecule has 0 rings (SSSR count). The largest absolute Gasteiger partial charge is 0.466 e. The van der Waals surface area contributed by atoms with E-state index < -0.39 is 5.97 Å². The van der Waals surface area contributed by atoms with Crippen molar-refractivity contribution in [3.63, 3.8) is 0 Å². The first-order valence-electron chi connectivity index (χ1n) is 4.28. The van der Waals surface area contributed by atoms with Crippen LogP contribution in [-0.4, -0.2) is 37.9 Å². The van der Waals surface area contributed by atoms with Gasteiger partial charge in [-0.2, -0.15) is 0 Å². The van der Waals surface area contributed by atoms with Crippen LogP contribution in [0.15, 0.2) is 23.8 Å². The number of esters is 1. The van der Waals surface area contributed by atoms with Crippen LogP contribution in [0.4, 0.5) is 0 Å². The normalized spacial score (nSPS) is 11.7. The Morgan fingerprint density at radius 2 is 2.13 bits per heavy atom. The number of aldehydes is 1. The van der Waals surface area contributed by atoms with Crippen molar-refractivity contribution in [3.8, 4) is 0 Å². The summed E-state index contributed by atoms with van der Waals surface area (Å²) < 4.78 is 9.60. The molecule has 15 heavy (non-hydrogen) atoms. The minimum absolute atomic E-state index is 0.290. The highest BCUT2D eigenvalue weighted by molar-refractivity contribution is 9.09. The smallest absolute Gasteiger partial charge is 0.330 e. The van der Waals surface area contributed by atoms with E-state index in [-0.39, 0.29) is 6.61 Å². The molecular weight excluding hydrogens is 264 g/mol. The second-order valence-corrected chi connectivity index (χ2v) is 3.27. The molecule has 0 aromatic heterocycles. The molecule has 0 amide bonds. The molecule has 0 bridgehead atoms. The number of ether oxygens (including phenoxy) is 2. The van der Waals surface area contributed by atoms with Crippen molar-refractivity contribution in [2.24, 2.45) is 0 Å². The van der Waals surface area contributed by atoms with Gasteiger partial charge in [-0.15, -0.1) is 0 Å². The zero-order valence-electron chi connectivity index (χ0n) is 8.44. The lowest BCUT2D eigenvalue weighted by molar-refractivity contribution is -0.134.